The van der Waals surface area contributed by atoms with Crippen molar-refractivity contribution in [2.45, 2.75) is 32.9 Å². The highest BCUT2D eigenvalue weighted by Gasteiger charge is 2.33. The number of rotatable bonds is 9. The van der Waals surface area contributed by atoms with Crippen LogP contribution in [0.25, 0.3) is 6.08 Å². The summed E-state index contributed by atoms with van der Waals surface area (Å²) in [6.07, 6.45) is 2.31. The number of benzene rings is 3. The summed E-state index contributed by atoms with van der Waals surface area (Å²) >= 11 is 4.92. The highest BCUT2D eigenvalue weighted by Crippen LogP contribution is 2.39. The molecule has 0 fully saturated rings. The van der Waals surface area contributed by atoms with Crippen molar-refractivity contribution in [2.75, 3.05) is 20.5 Å². The number of nitrogens with zero attached hydrogens (tertiary/aromatic N) is 2. The Hall–Kier alpha value is -4.35. The van der Waals surface area contributed by atoms with Gasteiger partial charge in [0.05, 0.1) is 40.0 Å². The van der Waals surface area contributed by atoms with Gasteiger partial charge in [-0.1, -0.05) is 54.7 Å². The molecule has 0 saturated heterocycles. The topological polar surface area (TPSA) is 97.6 Å². The van der Waals surface area contributed by atoms with Crippen LogP contribution in [0.2, 0.25) is 0 Å². The first kappa shape index (κ1) is 29.7. The molecular formula is C33H29BrN2O7S. The van der Waals surface area contributed by atoms with Gasteiger partial charge in [-0.15, -0.1) is 0 Å². The standard InChI is InChI=1S/C33H29BrN2O7S/c1-4-23-28(32(38)39-3)29(21-9-7-6-8-10-21)36-31(37)27(44-33(36)35-23)16-20-13-22(34)30(26(15-20)40-5-2)41-17-19-11-12-24-25(14-19)43-18-42-24/h6-16,29H,4-5,17-18H2,1-3H3/b27-16-/t29-/m1/s1. The quantitative estimate of drug-likeness (QED) is 0.223. The number of hydrogen-bond donors (Lipinski definition) is 0. The molecule has 0 spiro atoms. The first-order valence-corrected chi connectivity index (χ1v) is 15.7. The molecule has 0 bridgehead atoms. The van der Waals surface area contributed by atoms with Gasteiger partial charge >= 0.3 is 5.97 Å². The lowest BCUT2D eigenvalue weighted by Crippen LogP contribution is -2.40. The smallest absolute Gasteiger partial charge is 0.338 e. The molecule has 0 N–H and O–H groups in total. The van der Waals surface area contributed by atoms with Crippen molar-refractivity contribution in [1.29, 1.82) is 0 Å². The van der Waals surface area contributed by atoms with E-state index in [1.165, 1.54) is 18.4 Å². The number of thiazole rings is 1. The zero-order chi connectivity index (χ0) is 30.8. The lowest BCUT2D eigenvalue weighted by Gasteiger charge is -2.25. The molecule has 44 heavy (non-hydrogen) atoms. The number of aromatic nitrogens is 1. The summed E-state index contributed by atoms with van der Waals surface area (Å²) in [5, 5.41) is 0. The summed E-state index contributed by atoms with van der Waals surface area (Å²) < 4.78 is 30.9. The van der Waals surface area contributed by atoms with Gasteiger partial charge in [0, 0.05) is 0 Å². The molecule has 2 aliphatic heterocycles. The fraction of sp³-hybridized carbons (Fsp3) is 0.242. The van der Waals surface area contributed by atoms with Gasteiger partial charge in [0.25, 0.3) is 5.56 Å². The van der Waals surface area contributed by atoms with Crippen LogP contribution in [0, 0.1) is 0 Å². The van der Waals surface area contributed by atoms with Crippen LogP contribution in [0.5, 0.6) is 23.0 Å². The molecule has 0 aliphatic carbocycles. The van der Waals surface area contributed by atoms with E-state index in [-0.39, 0.29) is 19.0 Å². The molecule has 2 aliphatic rings. The Labute approximate surface area is 265 Å². The summed E-state index contributed by atoms with van der Waals surface area (Å²) in [5.41, 5.74) is 3.16. The summed E-state index contributed by atoms with van der Waals surface area (Å²) in [6.45, 7) is 4.74. The number of carbonyl (C=O) groups is 1. The summed E-state index contributed by atoms with van der Waals surface area (Å²) in [4.78, 5) is 32.2. The molecular weight excluding hydrogens is 648 g/mol. The minimum absolute atomic E-state index is 0.207. The number of fused-ring (bicyclic) bond motifs is 2. The Balaban J connectivity index is 1.39. The summed E-state index contributed by atoms with van der Waals surface area (Å²) in [5.74, 6) is 1.97. The Morgan fingerprint density at radius 2 is 1.89 bits per heavy atom. The van der Waals surface area contributed by atoms with Gasteiger partial charge < -0.3 is 23.7 Å². The predicted octanol–water partition coefficient (Wildman–Crippen LogP) is 5.27. The zero-order valence-corrected chi connectivity index (χ0v) is 26.7. The lowest BCUT2D eigenvalue weighted by atomic mass is 9.95. The van der Waals surface area contributed by atoms with E-state index in [2.05, 4.69) is 15.9 Å². The second kappa shape index (κ2) is 12.7. The van der Waals surface area contributed by atoms with Crippen molar-refractivity contribution in [3.63, 3.8) is 0 Å². The van der Waals surface area contributed by atoms with Crippen molar-refractivity contribution in [3.8, 4) is 23.0 Å². The van der Waals surface area contributed by atoms with E-state index < -0.39 is 12.0 Å². The third-order valence-electron chi connectivity index (χ3n) is 7.22. The monoisotopic (exact) mass is 676 g/mol. The van der Waals surface area contributed by atoms with E-state index in [1.807, 2.05) is 74.5 Å². The number of carbonyl (C=O) groups excluding carboxylic acids is 1. The number of esters is 1. The van der Waals surface area contributed by atoms with Crippen LogP contribution in [-0.2, 0) is 16.1 Å². The number of halogens is 1. The molecule has 1 atom stereocenters. The maximum atomic E-state index is 14.0. The SMILES string of the molecule is CCOc1cc(/C=c2\sc3n(c2=O)[C@H](c2ccccc2)C(C(=O)OC)=C(CC)N=3)cc(Br)c1OCc1ccc2c(c1)OCO2. The molecule has 3 heterocycles. The lowest BCUT2D eigenvalue weighted by molar-refractivity contribution is -0.136. The molecule has 3 aromatic carbocycles. The Kier molecular flexibility index (Phi) is 8.58. The molecule has 0 radical (unpaired) electrons. The van der Waals surface area contributed by atoms with Crippen molar-refractivity contribution in [3.05, 3.63) is 113 Å². The fourth-order valence-corrected chi connectivity index (χ4v) is 6.82. The van der Waals surface area contributed by atoms with Crippen molar-refractivity contribution >= 4 is 39.3 Å². The van der Waals surface area contributed by atoms with Crippen LogP contribution in [0.3, 0.4) is 0 Å². The number of allylic oxidation sites excluding steroid dienone is 1. The molecule has 4 aromatic rings. The Morgan fingerprint density at radius 3 is 2.64 bits per heavy atom. The highest BCUT2D eigenvalue weighted by molar-refractivity contribution is 9.10. The largest absolute Gasteiger partial charge is 0.490 e. The van der Waals surface area contributed by atoms with Crippen LogP contribution in [0.1, 0.15) is 43.0 Å². The molecule has 0 saturated carbocycles. The van der Waals surface area contributed by atoms with E-state index in [0.29, 0.717) is 61.1 Å². The van der Waals surface area contributed by atoms with E-state index in [4.69, 9.17) is 28.7 Å². The molecule has 0 amide bonds. The van der Waals surface area contributed by atoms with E-state index in [9.17, 15) is 9.59 Å². The van der Waals surface area contributed by atoms with E-state index in [0.717, 1.165) is 16.7 Å². The van der Waals surface area contributed by atoms with Crippen molar-refractivity contribution in [1.82, 2.24) is 4.57 Å². The van der Waals surface area contributed by atoms with Crippen molar-refractivity contribution in [2.24, 2.45) is 4.99 Å². The second-order valence-corrected chi connectivity index (χ2v) is 11.8. The third-order valence-corrected chi connectivity index (χ3v) is 8.79. The third kappa shape index (κ3) is 5.65. The summed E-state index contributed by atoms with van der Waals surface area (Å²) in [7, 11) is 1.34. The number of hydrogen-bond acceptors (Lipinski definition) is 9. The maximum Gasteiger partial charge on any atom is 0.338 e. The number of methoxy groups -OCH3 is 1. The van der Waals surface area contributed by atoms with Gasteiger partial charge in [-0.25, -0.2) is 9.79 Å². The predicted molar refractivity (Wildman–Crippen MR) is 169 cm³/mol. The van der Waals surface area contributed by atoms with Crippen LogP contribution in [-0.4, -0.2) is 31.0 Å². The molecule has 6 rings (SSSR count). The Bertz CT molecular complexity index is 1950. The molecule has 226 valence electrons. The van der Waals surface area contributed by atoms with Gasteiger partial charge in [0.15, 0.2) is 27.8 Å². The summed E-state index contributed by atoms with van der Waals surface area (Å²) in [6, 6.07) is 18.2. The first-order chi connectivity index (χ1) is 21.4. The van der Waals surface area contributed by atoms with Gasteiger partial charge in [-0.3, -0.25) is 9.36 Å². The molecule has 11 heteroatoms. The van der Waals surface area contributed by atoms with Crippen LogP contribution in [0.4, 0.5) is 0 Å². The van der Waals surface area contributed by atoms with Gasteiger partial charge in [-0.2, -0.15) is 0 Å². The fourth-order valence-electron chi connectivity index (χ4n) is 5.23. The van der Waals surface area contributed by atoms with E-state index in [1.54, 1.807) is 10.6 Å². The molecule has 9 nitrogen and oxygen atoms in total. The molecule has 1 aromatic heterocycles. The number of ether oxygens (including phenoxy) is 5. The van der Waals surface area contributed by atoms with Crippen molar-refractivity contribution < 1.29 is 28.5 Å². The maximum absolute atomic E-state index is 14.0. The van der Waals surface area contributed by atoms with Gasteiger partial charge in [0.2, 0.25) is 6.79 Å². The van der Waals surface area contributed by atoms with E-state index >= 15 is 0 Å². The van der Waals surface area contributed by atoms with Crippen LogP contribution < -0.4 is 33.8 Å². The van der Waals surface area contributed by atoms with Gasteiger partial charge in [0.1, 0.15) is 6.61 Å². The minimum Gasteiger partial charge on any atom is -0.490 e. The van der Waals surface area contributed by atoms with Crippen LogP contribution in [0.15, 0.2) is 86.2 Å². The van der Waals surface area contributed by atoms with Crippen LogP contribution >= 0.6 is 27.3 Å². The Morgan fingerprint density at radius 1 is 1.09 bits per heavy atom. The average molecular weight is 678 g/mol. The van der Waals surface area contributed by atoms with Gasteiger partial charge in [-0.05, 0) is 76.3 Å². The highest BCUT2D eigenvalue weighted by atomic mass is 79.9. The second-order valence-electron chi connectivity index (χ2n) is 9.94. The average Bonchev–Trinajstić information content (AvgIpc) is 3.63. The first-order valence-electron chi connectivity index (χ1n) is 14.1. The normalized spacial score (nSPS) is 15.5. The molecule has 0 unspecified atom stereocenters. The zero-order valence-electron chi connectivity index (χ0n) is 24.3. The minimum atomic E-state index is -0.658.